The third-order valence-electron chi connectivity index (χ3n) is 2.82. The summed E-state index contributed by atoms with van der Waals surface area (Å²) in [6, 6.07) is 2.15. The quantitative estimate of drug-likeness (QED) is 0.623. The molecule has 0 bridgehead atoms. The molecule has 0 aliphatic heterocycles. The fourth-order valence-corrected chi connectivity index (χ4v) is 1.71. The summed E-state index contributed by atoms with van der Waals surface area (Å²) in [5, 5.41) is 18.7. The van der Waals surface area contributed by atoms with Crippen molar-refractivity contribution in [3.8, 4) is 6.07 Å². The van der Waals surface area contributed by atoms with E-state index in [2.05, 4.69) is 13.0 Å². The van der Waals surface area contributed by atoms with Crippen LogP contribution in [0.1, 0.15) is 33.6 Å². The van der Waals surface area contributed by atoms with Crippen molar-refractivity contribution >= 4 is 0 Å². The van der Waals surface area contributed by atoms with Gasteiger partial charge in [-0.3, -0.25) is 0 Å². The van der Waals surface area contributed by atoms with Gasteiger partial charge in [0.1, 0.15) is 0 Å². The Morgan fingerprint density at radius 3 is 2.27 bits per heavy atom. The zero-order chi connectivity index (χ0) is 8.70. The molecular formula is C9H15NO. The lowest BCUT2D eigenvalue weighted by Gasteiger charge is -2.49. The van der Waals surface area contributed by atoms with Crippen LogP contribution in [-0.4, -0.2) is 10.7 Å². The molecule has 1 fully saturated rings. The van der Waals surface area contributed by atoms with Gasteiger partial charge < -0.3 is 5.11 Å². The minimum atomic E-state index is -0.721. The van der Waals surface area contributed by atoms with Gasteiger partial charge in [-0.1, -0.05) is 6.92 Å². The van der Waals surface area contributed by atoms with E-state index < -0.39 is 11.0 Å². The van der Waals surface area contributed by atoms with Crippen LogP contribution in [0.2, 0.25) is 0 Å². The maximum Gasteiger partial charge on any atom is 0.0833 e. The van der Waals surface area contributed by atoms with Crippen molar-refractivity contribution < 1.29 is 5.11 Å². The number of hydrogen-bond acceptors (Lipinski definition) is 2. The summed E-state index contributed by atoms with van der Waals surface area (Å²) >= 11 is 0. The van der Waals surface area contributed by atoms with Crippen molar-refractivity contribution in [1.29, 1.82) is 5.26 Å². The number of nitriles is 1. The van der Waals surface area contributed by atoms with E-state index in [1.807, 2.05) is 0 Å². The van der Waals surface area contributed by atoms with E-state index in [0.717, 1.165) is 12.8 Å². The molecule has 2 heteroatoms. The first-order valence-corrected chi connectivity index (χ1v) is 4.05. The number of rotatable bonds is 1. The Morgan fingerprint density at radius 2 is 2.00 bits per heavy atom. The number of hydrogen-bond donors (Lipinski definition) is 1. The van der Waals surface area contributed by atoms with Crippen molar-refractivity contribution in [2.24, 2.45) is 11.3 Å². The molecule has 0 amide bonds. The largest absolute Gasteiger partial charge is 0.388 e. The molecule has 1 aliphatic rings. The van der Waals surface area contributed by atoms with Gasteiger partial charge >= 0.3 is 0 Å². The zero-order valence-corrected chi connectivity index (χ0v) is 7.39. The highest BCUT2D eigenvalue weighted by atomic mass is 16.3. The summed E-state index contributed by atoms with van der Waals surface area (Å²) in [7, 11) is 0. The van der Waals surface area contributed by atoms with Gasteiger partial charge in [0.05, 0.1) is 17.1 Å². The summed E-state index contributed by atoms with van der Waals surface area (Å²) in [4.78, 5) is 0. The Hall–Kier alpha value is -0.550. The van der Waals surface area contributed by atoms with Crippen LogP contribution in [0.15, 0.2) is 0 Å². The summed E-state index contributed by atoms with van der Waals surface area (Å²) in [5.74, 6) is 0.577. The summed E-state index contributed by atoms with van der Waals surface area (Å²) < 4.78 is 0. The minimum Gasteiger partial charge on any atom is -0.388 e. The normalized spacial score (nSPS) is 37.5. The molecule has 0 radical (unpaired) electrons. The molecule has 1 rings (SSSR count). The average molecular weight is 153 g/mol. The highest BCUT2D eigenvalue weighted by Gasteiger charge is 2.51. The predicted molar refractivity (Wildman–Crippen MR) is 42.7 cm³/mol. The van der Waals surface area contributed by atoms with E-state index in [1.165, 1.54) is 0 Å². The van der Waals surface area contributed by atoms with Gasteiger partial charge in [-0.05, 0) is 32.6 Å². The monoisotopic (exact) mass is 153 g/mol. The second-order valence-corrected chi connectivity index (χ2v) is 4.28. The van der Waals surface area contributed by atoms with Crippen LogP contribution in [0.5, 0.6) is 0 Å². The van der Waals surface area contributed by atoms with Gasteiger partial charge in [-0.25, -0.2) is 0 Å². The van der Waals surface area contributed by atoms with Crippen molar-refractivity contribution in [3.63, 3.8) is 0 Å². The highest BCUT2D eigenvalue weighted by Crippen LogP contribution is 2.48. The third-order valence-corrected chi connectivity index (χ3v) is 2.82. The van der Waals surface area contributed by atoms with Crippen LogP contribution in [0.3, 0.4) is 0 Å². The van der Waals surface area contributed by atoms with Crippen LogP contribution >= 0.6 is 0 Å². The molecule has 1 saturated carbocycles. The first-order valence-electron chi connectivity index (χ1n) is 4.05. The second kappa shape index (κ2) is 2.22. The van der Waals surface area contributed by atoms with Crippen LogP contribution in [0.25, 0.3) is 0 Å². The van der Waals surface area contributed by atoms with Crippen molar-refractivity contribution in [2.45, 2.75) is 39.2 Å². The lowest BCUT2D eigenvalue weighted by molar-refractivity contribution is -0.129. The Balaban J connectivity index is 2.70. The topological polar surface area (TPSA) is 44.0 Å². The molecule has 0 spiro atoms. The molecule has 0 unspecified atom stereocenters. The van der Waals surface area contributed by atoms with Crippen LogP contribution in [0.4, 0.5) is 0 Å². The first kappa shape index (κ1) is 8.55. The fraction of sp³-hybridized carbons (Fsp3) is 0.889. The highest BCUT2D eigenvalue weighted by molar-refractivity contribution is 5.11. The van der Waals surface area contributed by atoms with E-state index >= 15 is 0 Å². The maximum atomic E-state index is 9.89. The van der Waals surface area contributed by atoms with Gasteiger partial charge in [0.2, 0.25) is 0 Å². The molecule has 62 valence electrons. The van der Waals surface area contributed by atoms with Crippen LogP contribution in [0, 0.1) is 22.7 Å². The molecule has 0 aromatic heterocycles. The fourth-order valence-electron chi connectivity index (χ4n) is 1.71. The Labute approximate surface area is 67.8 Å². The third kappa shape index (κ3) is 1.14. The molecule has 0 aromatic rings. The maximum absolute atomic E-state index is 9.89. The molecular weight excluding hydrogens is 138 g/mol. The Morgan fingerprint density at radius 1 is 1.55 bits per heavy atom. The Kier molecular flexibility index (Phi) is 1.72. The van der Waals surface area contributed by atoms with Gasteiger partial charge in [-0.2, -0.15) is 5.26 Å². The van der Waals surface area contributed by atoms with E-state index in [-0.39, 0.29) is 0 Å². The standard InChI is InChI=1S/C9H15NO/c1-7-4-9(11,5-7)8(2,3)6-10/h7,11H,4-5H2,1-3H3. The van der Waals surface area contributed by atoms with Gasteiger partial charge in [-0.15, -0.1) is 0 Å². The van der Waals surface area contributed by atoms with Crippen molar-refractivity contribution in [2.75, 3.05) is 0 Å². The molecule has 0 heterocycles. The van der Waals surface area contributed by atoms with Crippen molar-refractivity contribution in [3.05, 3.63) is 0 Å². The zero-order valence-electron chi connectivity index (χ0n) is 7.39. The van der Waals surface area contributed by atoms with Crippen LogP contribution < -0.4 is 0 Å². The van der Waals surface area contributed by atoms with Crippen molar-refractivity contribution in [1.82, 2.24) is 0 Å². The molecule has 11 heavy (non-hydrogen) atoms. The summed E-state index contributed by atoms with van der Waals surface area (Å²) in [5.41, 5.74) is -1.30. The molecule has 1 N–H and O–H groups in total. The SMILES string of the molecule is CC1CC(O)(C(C)(C)C#N)C1. The van der Waals surface area contributed by atoms with Crippen LogP contribution in [-0.2, 0) is 0 Å². The summed E-state index contributed by atoms with van der Waals surface area (Å²) in [6.07, 6.45) is 1.54. The van der Waals surface area contributed by atoms with Gasteiger partial charge in [0.25, 0.3) is 0 Å². The summed E-state index contributed by atoms with van der Waals surface area (Å²) in [6.45, 7) is 5.71. The molecule has 1 aliphatic carbocycles. The van der Waals surface area contributed by atoms with E-state index in [1.54, 1.807) is 13.8 Å². The number of aliphatic hydroxyl groups is 1. The molecule has 0 saturated heterocycles. The smallest absolute Gasteiger partial charge is 0.0833 e. The van der Waals surface area contributed by atoms with Gasteiger partial charge in [0, 0.05) is 0 Å². The minimum absolute atomic E-state index is 0.577. The number of nitrogens with zero attached hydrogens (tertiary/aromatic N) is 1. The first-order chi connectivity index (χ1) is 4.91. The predicted octanol–water partition coefficient (Wildman–Crippen LogP) is 1.70. The second-order valence-electron chi connectivity index (χ2n) is 4.28. The van der Waals surface area contributed by atoms with E-state index in [9.17, 15) is 5.11 Å². The van der Waals surface area contributed by atoms with E-state index in [4.69, 9.17) is 5.26 Å². The average Bonchev–Trinajstić information content (AvgIpc) is 1.85. The lowest BCUT2D eigenvalue weighted by atomic mass is 9.59. The van der Waals surface area contributed by atoms with Gasteiger partial charge in [0.15, 0.2) is 0 Å². The molecule has 0 aromatic carbocycles. The lowest BCUT2D eigenvalue weighted by Crippen LogP contribution is -2.53. The Bertz CT molecular complexity index is 196. The molecule has 0 atom stereocenters. The molecule has 2 nitrogen and oxygen atoms in total. The van der Waals surface area contributed by atoms with E-state index in [0.29, 0.717) is 5.92 Å².